The van der Waals surface area contributed by atoms with E-state index >= 15 is 0 Å². The van der Waals surface area contributed by atoms with E-state index in [4.69, 9.17) is 0 Å². The summed E-state index contributed by atoms with van der Waals surface area (Å²) in [6, 6.07) is 3.73. The molecule has 2 aliphatic heterocycles. The molecule has 0 aliphatic carbocycles. The van der Waals surface area contributed by atoms with Crippen molar-refractivity contribution in [2.75, 3.05) is 44.2 Å². The lowest BCUT2D eigenvalue weighted by Crippen LogP contribution is -2.45. The second-order valence-electron chi connectivity index (χ2n) is 6.95. The van der Waals surface area contributed by atoms with E-state index in [1.54, 1.807) is 0 Å². The lowest BCUT2D eigenvalue weighted by molar-refractivity contribution is -0.128. The number of carbonyl (C=O) groups is 1. The number of aliphatic imine (C=N–C) groups is 1. The van der Waals surface area contributed by atoms with Crippen LogP contribution < -0.4 is 15.5 Å². The van der Waals surface area contributed by atoms with Crippen molar-refractivity contribution < 1.29 is 13.6 Å². The van der Waals surface area contributed by atoms with Gasteiger partial charge in [-0.25, -0.2) is 13.8 Å². The Morgan fingerprint density at radius 1 is 1.26 bits per heavy atom. The number of halogens is 2. The van der Waals surface area contributed by atoms with E-state index in [1.807, 2.05) is 16.7 Å². The summed E-state index contributed by atoms with van der Waals surface area (Å²) >= 11 is 0. The molecule has 1 aromatic rings. The second-order valence-corrected chi connectivity index (χ2v) is 6.95. The molecule has 3 rings (SSSR count). The van der Waals surface area contributed by atoms with E-state index < -0.39 is 11.6 Å². The molecule has 0 saturated carbocycles. The Labute approximate surface area is 158 Å². The van der Waals surface area contributed by atoms with E-state index in [9.17, 15) is 13.6 Å². The molecule has 27 heavy (non-hydrogen) atoms. The maximum atomic E-state index is 14.0. The van der Waals surface area contributed by atoms with E-state index in [0.717, 1.165) is 38.4 Å². The molecule has 2 heterocycles. The van der Waals surface area contributed by atoms with Gasteiger partial charge in [0.15, 0.2) is 5.96 Å². The molecule has 2 aliphatic rings. The number of guanidine groups is 1. The Bertz CT molecular complexity index is 691. The highest BCUT2D eigenvalue weighted by molar-refractivity contribution is 5.85. The summed E-state index contributed by atoms with van der Waals surface area (Å²) in [6.45, 7) is 5.68. The maximum Gasteiger partial charge on any atom is 0.244 e. The van der Waals surface area contributed by atoms with Crippen LogP contribution in [0.4, 0.5) is 14.5 Å². The average Bonchev–Trinajstić information content (AvgIpc) is 3.31. The van der Waals surface area contributed by atoms with Gasteiger partial charge in [-0.2, -0.15) is 0 Å². The third-order valence-electron chi connectivity index (χ3n) is 4.95. The molecular formula is C19H27F2N5O. The first-order chi connectivity index (χ1) is 13.1. The van der Waals surface area contributed by atoms with E-state index in [2.05, 4.69) is 15.6 Å². The first kappa shape index (κ1) is 19.4. The van der Waals surface area contributed by atoms with Gasteiger partial charge < -0.3 is 20.4 Å². The number of rotatable bonds is 5. The highest BCUT2D eigenvalue weighted by atomic mass is 19.1. The number of nitrogens with one attached hydrogen (secondary N) is 2. The molecule has 0 bridgehead atoms. The molecule has 2 fully saturated rings. The van der Waals surface area contributed by atoms with E-state index in [1.165, 1.54) is 12.1 Å². The molecule has 6 nitrogen and oxygen atoms in total. The molecule has 0 aromatic heterocycles. The molecule has 0 spiro atoms. The van der Waals surface area contributed by atoms with Crippen molar-refractivity contribution >= 4 is 17.6 Å². The molecule has 0 radical (unpaired) electrons. The number of carbonyl (C=O) groups excluding carboxylic acids is 1. The maximum absolute atomic E-state index is 14.0. The van der Waals surface area contributed by atoms with Gasteiger partial charge in [-0.3, -0.25) is 4.79 Å². The molecule has 8 heteroatoms. The average molecular weight is 379 g/mol. The van der Waals surface area contributed by atoms with Crippen molar-refractivity contribution in [3.05, 3.63) is 29.8 Å². The summed E-state index contributed by atoms with van der Waals surface area (Å²) in [7, 11) is 0. The summed E-state index contributed by atoms with van der Waals surface area (Å²) in [5.41, 5.74) is 0.409. The standard InChI is InChI=1S/C19H27F2N5O/c1-2-22-19(23-12-18(27)25-8-3-4-9-25)24-15-7-10-26(13-15)17-6-5-14(20)11-16(17)21/h5-6,11,15H,2-4,7-10,12-13H2,1H3,(H2,22,23,24). The minimum atomic E-state index is -0.575. The lowest BCUT2D eigenvalue weighted by Gasteiger charge is -2.21. The van der Waals surface area contributed by atoms with Crippen LogP contribution in [0.5, 0.6) is 0 Å². The highest BCUT2D eigenvalue weighted by Crippen LogP contribution is 2.24. The Morgan fingerprint density at radius 2 is 2.04 bits per heavy atom. The van der Waals surface area contributed by atoms with Crippen LogP contribution in [-0.2, 0) is 4.79 Å². The number of hydrogen-bond donors (Lipinski definition) is 2. The third kappa shape index (κ3) is 5.08. The molecule has 1 atom stereocenters. The van der Waals surface area contributed by atoms with Crippen molar-refractivity contribution in [3.8, 4) is 0 Å². The molecule has 2 N–H and O–H groups in total. The van der Waals surface area contributed by atoms with Crippen LogP contribution in [0, 0.1) is 11.6 Å². The summed E-state index contributed by atoms with van der Waals surface area (Å²) in [5.74, 6) is -0.482. The monoisotopic (exact) mass is 379 g/mol. The highest BCUT2D eigenvalue weighted by Gasteiger charge is 2.25. The van der Waals surface area contributed by atoms with Gasteiger partial charge in [-0.05, 0) is 38.3 Å². The number of anilines is 1. The minimum Gasteiger partial charge on any atom is -0.367 e. The van der Waals surface area contributed by atoms with Crippen LogP contribution in [0.3, 0.4) is 0 Å². The van der Waals surface area contributed by atoms with Crippen molar-refractivity contribution in [1.82, 2.24) is 15.5 Å². The minimum absolute atomic E-state index is 0.0473. The van der Waals surface area contributed by atoms with Gasteiger partial charge in [0.25, 0.3) is 0 Å². The number of hydrogen-bond acceptors (Lipinski definition) is 3. The van der Waals surface area contributed by atoms with Gasteiger partial charge in [0, 0.05) is 44.8 Å². The summed E-state index contributed by atoms with van der Waals surface area (Å²) in [4.78, 5) is 20.3. The fraction of sp³-hybridized carbons (Fsp3) is 0.579. The fourth-order valence-corrected chi connectivity index (χ4v) is 3.56. The summed E-state index contributed by atoms with van der Waals surface area (Å²) in [5, 5.41) is 6.48. The van der Waals surface area contributed by atoms with Gasteiger partial charge in [0.2, 0.25) is 5.91 Å². The first-order valence-electron chi connectivity index (χ1n) is 9.59. The molecule has 1 unspecified atom stereocenters. The SMILES string of the molecule is CCNC(=NCC(=O)N1CCCC1)NC1CCN(c2ccc(F)cc2F)C1. The number of benzene rings is 1. The van der Waals surface area contributed by atoms with Crippen LogP contribution >= 0.6 is 0 Å². The van der Waals surface area contributed by atoms with Gasteiger partial charge in [0.05, 0.1) is 5.69 Å². The second kappa shape index (κ2) is 9.01. The predicted molar refractivity (Wildman–Crippen MR) is 102 cm³/mol. The zero-order chi connectivity index (χ0) is 19.2. The smallest absolute Gasteiger partial charge is 0.244 e. The fourth-order valence-electron chi connectivity index (χ4n) is 3.56. The topological polar surface area (TPSA) is 60.0 Å². The summed E-state index contributed by atoms with van der Waals surface area (Å²) in [6.07, 6.45) is 2.93. The van der Waals surface area contributed by atoms with Crippen molar-refractivity contribution in [2.24, 2.45) is 4.99 Å². The van der Waals surface area contributed by atoms with Crippen LogP contribution in [0.1, 0.15) is 26.2 Å². The molecule has 1 aromatic carbocycles. The molecule has 1 amide bonds. The zero-order valence-electron chi connectivity index (χ0n) is 15.7. The van der Waals surface area contributed by atoms with Crippen LogP contribution in [0.2, 0.25) is 0 Å². The number of amides is 1. The molecule has 148 valence electrons. The van der Waals surface area contributed by atoms with Gasteiger partial charge in [0.1, 0.15) is 18.2 Å². The largest absolute Gasteiger partial charge is 0.367 e. The van der Waals surface area contributed by atoms with Gasteiger partial charge in [-0.1, -0.05) is 0 Å². The normalized spacial score (nSPS) is 20.3. The Kier molecular flexibility index (Phi) is 6.47. The van der Waals surface area contributed by atoms with Crippen LogP contribution in [-0.4, -0.2) is 62.1 Å². The van der Waals surface area contributed by atoms with E-state index in [-0.39, 0.29) is 18.5 Å². The number of nitrogens with zero attached hydrogens (tertiary/aromatic N) is 3. The zero-order valence-corrected chi connectivity index (χ0v) is 15.7. The summed E-state index contributed by atoms with van der Waals surface area (Å²) < 4.78 is 27.1. The van der Waals surface area contributed by atoms with Crippen molar-refractivity contribution in [2.45, 2.75) is 32.2 Å². The molecule has 2 saturated heterocycles. The van der Waals surface area contributed by atoms with Crippen LogP contribution in [0.15, 0.2) is 23.2 Å². The number of likely N-dealkylation sites (tertiary alicyclic amines) is 1. The Balaban J connectivity index is 1.56. The Morgan fingerprint density at radius 3 is 2.74 bits per heavy atom. The van der Waals surface area contributed by atoms with Gasteiger partial charge >= 0.3 is 0 Å². The predicted octanol–water partition coefficient (Wildman–Crippen LogP) is 1.72. The first-order valence-corrected chi connectivity index (χ1v) is 9.59. The quantitative estimate of drug-likeness (QED) is 0.604. The lowest BCUT2D eigenvalue weighted by atomic mass is 10.2. The Hall–Kier alpha value is -2.38. The van der Waals surface area contributed by atoms with Crippen LogP contribution in [0.25, 0.3) is 0 Å². The van der Waals surface area contributed by atoms with Crippen molar-refractivity contribution in [3.63, 3.8) is 0 Å². The van der Waals surface area contributed by atoms with Gasteiger partial charge in [-0.15, -0.1) is 0 Å². The molecular weight excluding hydrogens is 352 g/mol. The van der Waals surface area contributed by atoms with E-state index in [0.29, 0.717) is 31.3 Å². The van der Waals surface area contributed by atoms with Crippen molar-refractivity contribution in [1.29, 1.82) is 0 Å². The third-order valence-corrected chi connectivity index (χ3v) is 4.95.